The highest BCUT2D eigenvalue weighted by Gasteiger charge is 2.43. The molecule has 7 nitrogen and oxygen atoms in total. The first-order valence-electron chi connectivity index (χ1n) is 10.6. The van der Waals surface area contributed by atoms with E-state index in [2.05, 4.69) is 15.2 Å². The van der Waals surface area contributed by atoms with E-state index >= 15 is 0 Å². The van der Waals surface area contributed by atoms with Crippen molar-refractivity contribution >= 4 is 5.91 Å². The van der Waals surface area contributed by atoms with Crippen LogP contribution < -0.4 is 5.73 Å². The highest BCUT2D eigenvalue weighted by Crippen LogP contribution is 2.34. The lowest BCUT2D eigenvalue weighted by Gasteiger charge is -2.36. The summed E-state index contributed by atoms with van der Waals surface area (Å²) in [5.74, 6) is -5.29. The topological polar surface area (TPSA) is 89.9 Å². The van der Waals surface area contributed by atoms with E-state index in [1.54, 1.807) is 18.2 Å². The molecule has 1 aliphatic heterocycles. The fourth-order valence-corrected chi connectivity index (χ4v) is 4.13. The summed E-state index contributed by atoms with van der Waals surface area (Å²) in [7, 11) is 0. The van der Waals surface area contributed by atoms with E-state index in [0.717, 1.165) is 4.57 Å². The lowest BCUT2D eigenvalue weighted by molar-refractivity contribution is -0.148. The van der Waals surface area contributed by atoms with Crippen molar-refractivity contribution < 1.29 is 31.1 Å². The zero-order valence-electron chi connectivity index (χ0n) is 18.1. The normalized spacial score (nSPS) is 16.8. The maximum Gasteiger partial charge on any atom is 0.451 e. The lowest BCUT2D eigenvalue weighted by atomic mass is 10.0. The van der Waals surface area contributed by atoms with Crippen LogP contribution in [-0.2, 0) is 30.4 Å². The Bertz CT molecular complexity index is 1220. The minimum atomic E-state index is -4.72. The van der Waals surface area contributed by atoms with Crippen LogP contribution in [0.2, 0.25) is 0 Å². The maximum atomic E-state index is 14.0. The van der Waals surface area contributed by atoms with Crippen LogP contribution in [0.1, 0.15) is 35.4 Å². The molecule has 3 aromatic rings. The molecule has 35 heavy (non-hydrogen) atoms. The van der Waals surface area contributed by atoms with Crippen molar-refractivity contribution in [3.05, 3.63) is 76.9 Å². The smallest absolute Gasteiger partial charge is 0.330 e. The Morgan fingerprint density at radius 1 is 1.09 bits per heavy atom. The molecule has 13 heteroatoms. The fraction of sp³-hybridized carbons (Fsp3) is 0.364. The molecule has 0 radical (unpaired) electrons. The predicted octanol–water partition coefficient (Wildman–Crippen LogP) is 3.20. The fourth-order valence-electron chi connectivity index (χ4n) is 4.13. The third-order valence-corrected chi connectivity index (χ3v) is 5.73. The van der Waals surface area contributed by atoms with Crippen LogP contribution in [0, 0.1) is 17.5 Å². The summed E-state index contributed by atoms with van der Waals surface area (Å²) in [4.78, 5) is 18.7. The number of halogens is 6. The summed E-state index contributed by atoms with van der Waals surface area (Å²) in [5.41, 5.74) is 6.33. The van der Waals surface area contributed by atoms with Gasteiger partial charge in [0.25, 0.3) is 0 Å². The molecular weight excluding hydrogens is 478 g/mol. The molecule has 2 aromatic heterocycles. The number of carbonyl (C=O) groups excluding carboxylic acids is 1. The van der Waals surface area contributed by atoms with Crippen LogP contribution in [-0.4, -0.2) is 43.1 Å². The van der Waals surface area contributed by atoms with Crippen molar-refractivity contribution in [3.63, 3.8) is 0 Å². The van der Waals surface area contributed by atoms with E-state index in [0.29, 0.717) is 17.8 Å². The van der Waals surface area contributed by atoms with E-state index in [1.165, 1.54) is 11.1 Å². The quantitative estimate of drug-likeness (QED) is 0.417. The maximum absolute atomic E-state index is 14.0. The summed E-state index contributed by atoms with van der Waals surface area (Å²) in [6, 6.07) is 4.27. The monoisotopic (exact) mass is 498 g/mol. The number of carbonyl (C=O) groups is 1. The third kappa shape index (κ3) is 5.29. The first-order valence-corrected chi connectivity index (χ1v) is 10.6. The van der Waals surface area contributed by atoms with Gasteiger partial charge in [0.15, 0.2) is 17.5 Å². The third-order valence-electron chi connectivity index (χ3n) is 5.73. The average Bonchev–Trinajstić information content (AvgIpc) is 3.23. The zero-order valence-corrected chi connectivity index (χ0v) is 18.1. The van der Waals surface area contributed by atoms with Crippen molar-refractivity contribution in [1.29, 1.82) is 0 Å². The second kappa shape index (κ2) is 9.64. The number of alkyl halides is 3. The van der Waals surface area contributed by atoms with Gasteiger partial charge in [-0.05, 0) is 30.2 Å². The van der Waals surface area contributed by atoms with E-state index < -0.39 is 47.4 Å². The zero-order chi connectivity index (χ0) is 25.3. The Kier molecular flexibility index (Phi) is 6.79. The van der Waals surface area contributed by atoms with Crippen molar-refractivity contribution in [1.82, 2.24) is 24.6 Å². The molecule has 3 heterocycles. The number of hydrogen-bond acceptors (Lipinski definition) is 5. The number of rotatable bonds is 6. The van der Waals surface area contributed by atoms with Gasteiger partial charge in [0.2, 0.25) is 11.7 Å². The van der Waals surface area contributed by atoms with Crippen molar-refractivity contribution in [2.75, 3.05) is 6.54 Å². The number of pyridine rings is 1. The van der Waals surface area contributed by atoms with Crippen LogP contribution in [0.4, 0.5) is 26.3 Å². The summed E-state index contributed by atoms with van der Waals surface area (Å²) >= 11 is 0. The van der Waals surface area contributed by atoms with Crippen molar-refractivity contribution in [3.8, 4) is 0 Å². The van der Waals surface area contributed by atoms with Crippen LogP contribution in [0.15, 0.2) is 36.5 Å². The van der Waals surface area contributed by atoms with Gasteiger partial charge in [0.05, 0.1) is 6.04 Å². The molecule has 1 aromatic carbocycles. The molecule has 0 aliphatic carbocycles. The van der Waals surface area contributed by atoms with E-state index in [9.17, 15) is 31.1 Å². The van der Waals surface area contributed by atoms with Gasteiger partial charge in [0, 0.05) is 49.9 Å². The minimum absolute atomic E-state index is 0.0391. The largest absolute Gasteiger partial charge is 0.451 e. The Morgan fingerprint density at radius 2 is 1.83 bits per heavy atom. The van der Waals surface area contributed by atoms with E-state index in [-0.39, 0.29) is 43.7 Å². The number of aromatic nitrogens is 4. The van der Waals surface area contributed by atoms with Gasteiger partial charge >= 0.3 is 6.18 Å². The molecule has 1 unspecified atom stereocenters. The minimum Gasteiger partial charge on any atom is -0.330 e. The number of nitrogens with two attached hydrogens (primary N) is 1. The molecule has 0 saturated heterocycles. The summed E-state index contributed by atoms with van der Waals surface area (Å²) in [5, 5.41) is 7.02. The number of hydrogen-bond donors (Lipinski definition) is 1. The van der Waals surface area contributed by atoms with E-state index in [1.807, 2.05) is 0 Å². The van der Waals surface area contributed by atoms with Crippen LogP contribution in [0.5, 0.6) is 0 Å². The van der Waals surface area contributed by atoms with Gasteiger partial charge < -0.3 is 15.2 Å². The van der Waals surface area contributed by atoms with Crippen molar-refractivity contribution in [2.24, 2.45) is 5.73 Å². The number of benzene rings is 1. The SMILES string of the molecule is N[C@@H](CC(=O)N1CCn2c(nnc2C(F)(F)F)C1Cc1ccccn1)Cc1cc(F)c(F)cc1F. The van der Waals surface area contributed by atoms with Gasteiger partial charge in [-0.25, -0.2) is 13.2 Å². The second-order valence-corrected chi connectivity index (χ2v) is 8.19. The second-order valence-electron chi connectivity index (χ2n) is 8.19. The standard InChI is InChI=1S/C22H20F6N6O/c23-15-11-17(25)16(24)8-12(15)7-13(29)9-19(35)33-5-6-34-20(31-32-21(34)22(26,27)28)18(33)10-14-3-1-2-4-30-14/h1-4,8,11,13,18H,5-7,9-10,29H2/t13-,18?/m1/s1. The molecule has 1 amide bonds. The molecule has 1 aliphatic rings. The molecule has 0 saturated carbocycles. The van der Waals surface area contributed by atoms with Gasteiger partial charge in [0.1, 0.15) is 5.82 Å². The predicted molar refractivity (Wildman–Crippen MR) is 110 cm³/mol. The molecule has 4 rings (SSSR count). The average molecular weight is 498 g/mol. The Balaban J connectivity index is 1.56. The molecule has 186 valence electrons. The number of amides is 1. The number of nitrogens with zero attached hydrogens (tertiary/aromatic N) is 5. The Labute approximate surface area is 195 Å². The highest BCUT2D eigenvalue weighted by molar-refractivity contribution is 5.77. The molecule has 0 spiro atoms. The van der Waals surface area contributed by atoms with Crippen LogP contribution in [0.3, 0.4) is 0 Å². The van der Waals surface area contributed by atoms with Crippen LogP contribution >= 0.6 is 0 Å². The Morgan fingerprint density at radius 3 is 2.51 bits per heavy atom. The highest BCUT2D eigenvalue weighted by atomic mass is 19.4. The number of fused-ring (bicyclic) bond motifs is 1. The first kappa shape index (κ1) is 24.6. The summed E-state index contributed by atoms with van der Waals surface area (Å²) in [6.45, 7) is -0.259. The molecule has 0 bridgehead atoms. The van der Waals surface area contributed by atoms with Gasteiger partial charge in [-0.2, -0.15) is 13.2 Å². The van der Waals surface area contributed by atoms with Crippen LogP contribution in [0.25, 0.3) is 0 Å². The summed E-state index contributed by atoms with van der Waals surface area (Å²) in [6.07, 6.45) is -3.68. The first-order chi connectivity index (χ1) is 16.5. The Hall–Kier alpha value is -3.48. The van der Waals surface area contributed by atoms with E-state index in [4.69, 9.17) is 5.73 Å². The molecule has 0 fully saturated rings. The van der Waals surface area contributed by atoms with Crippen molar-refractivity contribution in [2.45, 2.75) is 44.1 Å². The molecular formula is C22H20F6N6O. The molecule has 2 atom stereocenters. The van der Waals surface area contributed by atoms with Gasteiger partial charge in [-0.3, -0.25) is 9.78 Å². The summed E-state index contributed by atoms with van der Waals surface area (Å²) < 4.78 is 81.7. The lowest BCUT2D eigenvalue weighted by Crippen LogP contribution is -2.46. The molecule has 2 N–H and O–H groups in total. The van der Waals surface area contributed by atoms with Gasteiger partial charge in [-0.15, -0.1) is 10.2 Å². The van der Waals surface area contributed by atoms with Gasteiger partial charge in [-0.1, -0.05) is 6.07 Å².